The molecule has 0 unspecified atom stereocenters. The van der Waals surface area contributed by atoms with E-state index in [0.29, 0.717) is 5.82 Å². The van der Waals surface area contributed by atoms with Crippen molar-refractivity contribution in [2.45, 2.75) is 4.90 Å². The molecule has 7 heteroatoms. The third-order valence-corrected chi connectivity index (χ3v) is 2.40. The molecule has 0 saturated heterocycles. The van der Waals surface area contributed by atoms with Gasteiger partial charge < -0.3 is 0 Å². The summed E-state index contributed by atoms with van der Waals surface area (Å²) in [5.74, 6) is 0.442. The maximum absolute atomic E-state index is 10.6. The number of tetrazole rings is 1. The Morgan fingerprint density at radius 2 is 1.86 bits per heavy atom. The van der Waals surface area contributed by atoms with Gasteiger partial charge in [-0.15, -0.1) is 10.2 Å². The lowest BCUT2D eigenvalue weighted by molar-refractivity contribution is 0.614. The SMILES string of the molecule is O=[SH](=O)c1ccc(-c2nn[nH]n2)cc1. The first-order valence-electron chi connectivity index (χ1n) is 3.75. The van der Waals surface area contributed by atoms with Gasteiger partial charge in [-0.1, -0.05) is 0 Å². The molecule has 0 atom stereocenters. The average Bonchev–Trinajstić information content (AvgIpc) is 2.71. The molecule has 0 spiro atoms. The van der Waals surface area contributed by atoms with Gasteiger partial charge in [0, 0.05) is 5.56 Å². The molecule has 0 aliphatic rings. The fourth-order valence-corrected chi connectivity index (χ4v) is 1.41. The summed E-state index contributed by atoms with van der Waals surface area (Å²) in [6, 6.07) is 6.26. The Bertz CT molecular complexity index is 481. The first-order chi connectivity index (χ1) is 6.77. The van der Waals surface area contributed by atoms with Crippen LogP contribution in [-0.4, -0.2) is 29.0 Å². The molecule has 6 nitrogen and oxygen atoms in total. The van der Waals surface area contributed by atoms with Crippen LogP contribution >= 0.6 is 0 Å². The quantitative estimate of drug-likeness (QED) is 0.672. The normalized spacial score (nSPS) is 10.6. The summed E-state index contributed by atoms with van der Waals surface area (Å²) in [4.78, 5) is 0.271. The van der Waals surface area contributed by atoms with E-state index < -0.39 is 10.7 Å². The van der Waals surface area contributed by atoms with Gasteiger partial charge in [0.15, 0.2) is 10.7 Å². The van der Waals surface area contributed by atoms with Crippen LogP contribution in [0.25, 0.3) is 11.4 Å². The maximum Gasteiger partial charge on any atom is 0.204 e. The van der Waals surface area contributed by atoms with E-state index in [1.54, 1.807) is 12.1 Å². The molecule has 0 amide bonds. The topological polar surface area (TPSA) is 88.6 Å². The molecule has 0 fully saturated rings. The minimum absolute atomic E-state index is 0.271. The molecule has 1 aromatic heterocycles. The standard InChI is InChI=1S/C7H6N4O2S/c12-14(13)6-3-1-5(2-4-6)7-8-10-11-9-7/h1-4,14H,(H,8,9,10,11). The van der Waals surface area contributed by atoms with Crippen molar-refractivity contribution in [3.8, 4) is 11.4 Å². The van der Waals surface area contributed by atoms with Crippen LogP contribution in [0.2, 0.25) is 0 Å². The molecule has 1 N–H and O–H groups in total. The molecule has 2 rings (SSSR count). The molecule has 14 heavy (non-hydrogen) atoms. The first-order valence-corrected chi connectivity index (χ1v) is 4.93. The number of nitrogens with one attached hydrogen (secondary N) is 1. The number of thiol groups is 1. The predicted molar refractivity (Wildman–Crippen MR) is 48.2 cm³/mol. The van der Waals surface area contributed by atoms with Crippen LogP contribution in [0.15, 0.2) is 29.2 Å². The highest BCUT2D eigenvalue weighted by atomic mass is 32.2. The zero-order chi connectivity index (χ0) is 9.97. The number of rotatable bonds is 2. The molecule has 0 radical (unpaired) electrons. The Morgan fingerprint density at radius 1 is 1.14 bits per heavy atom. The molecule has 1 heterocycles. The van der Waals surface area contributed by atoms with Crippen molar-refractivity contribution in [1.29, 1.82) is 0 Å². The second-order valence-corrected chi connectivity index (χ2v) is 3.57. The summed E-state index contributed by atoms with van der Waals surface area (Å²) >= 11 is 0. The van der Waals surface area contributed by atoms with Crippen molar-refractivity contribution in [3.05, 3.63) is 24.3 Å². The van der Waals surface area contributed by atoms with E-state index in [4.69, 9.17) is 0 Å². The number of hydrogen-bond donors (Lipinski definition) is 2. The lowest BCUT2D eigenvalue weighted by Crippen LogP contribution is -1.83. The van der Waals surface area contributed by atoms with Gasteiger partial charge in [0.2, 0.25) is 5.82 Å². The van der Waals surface area contributed by atoms with Gasteiger partial charge in [0.05, 0.1) is 4.90 Å². The monoisotopic (exact) mass is 210 g/mol. The van der Waals surface area contributed by atoms with Crippen LogP contribution in [0, 0.1) is 0 Å². The Balaban J connectivity index is 2.40. The van der Waals surface area contributed by atoms with E-state index in [-0.39, 0.29) is 4.90 Å². The van der Waals surface area contributed by atoms with Crippen molar-refractivity contribution in [2.24, 2.45) is 0 Å². The van der Waals surface area contributed by atoms with Crippen molar-refractivity contribution < 1.29 is 8.42 Å². The highest BCUT2D eigenvalue weighted by Crippen LogP contribution is 2.14. The van der Waals surface area contributed by atoms with Gasteiger partial charge in [0.1, 0.15) is 0 Å². The molecule has 0 aliphatic heterocycles. The molecule has 1 aromatic carbocycles. The Morgan fingerprint density at radius 3 is 2.36 bits per heavy atom. The minimum atomic E-state index is -2.53. The van der Waals surface area contributed by atoms with Crippen LogP contribution < -0.4 is 0 Å². The smallest absolute Gasteiger partial charge is 0.204 e. The fourth-order valence-electron chi connectivity index (χ4n) is 1.02. The Labute approximate surface area is 80.9 Å². The van der Waals surface area contributed by atoms with E-state index in [9.17, 15) is 8.42 Å². The first kappa shape index (κ1) is 8.82. The second kappa shape index (κ2) is 3.54. The molecule has 0 saturated carbocycles. The van der Waals surface area contributed by atoms with Crippen LogP contribution in [0.5, 0.6) is 0 Å². The largest absolute Gasteiger partial charge is 0.227 e. The van der Waals surface area contributed by atoms with E-state index in [1.807, 2.05) is 0 Å². The number of aromatic amines is 1. The molecule has 2 aromatic rings. The Kier molecular flexibility index (Phi) is 2.23. The predicted octanol–water partition coefficient (Wildman–Crippen LogP) is -0.163. The molecule has 72 valence electrons. The van der Waals surface area contributed by atoms with Crippen LogP contribution in [0.4, 0.5) is 0 Å². The van der Waals surface area contributed by atoms with E-state index >= 15 is 0 Å². The average molecular weight is 210 g/mol. The summed E-state index contributed by atoms with van der Waals surface area (Å²) < 4.78 is 21.2. The van der Waals surface area contributed by atoms with Gasteiger partial charge in [-0.25, -0.2) is 8.42 Å². The minimum Gasteiger partial charge on any atom is -0.227 e. The third kappa shape index (κ3) is 1.62. The van der Waals surface area contributed by atoms with Crippen molar-refractivity contribution in [3.63, 3.8) is 0 Å². The molecular weight excluding hydrogens is 204 g/mol. The van der Waals surface area contributed by atoms with Crippen LogP contribution in [0.1, 0.15) is 0 Å². The summed E-state index contributed by atoms with van der Waals surface area (Å²) in [5.41, 5.74) is 0.722. The number of benzene rings is 1. The number of hydrogen-bond acceptors (Lipinski definition) is 5. The fraction of sp³-hybridized carbons (Fsp3) is 0. The second-order valence-electron chi connectivity index (χ2n) is 2.54. The lowest BCUT2D eigenvalue weighted by atomic mass is 10.2. The highest BCUT2D eigenvalue weighted by Gasteiger charge is 2.02. The number of aromatic nitrogens is 4. The molecular formula is C7H6N4O2S. The molecule has 0 bridgehead atoms. The van der Waals surface area contributed by atoms with Gasteiger partial charge in [-0.3, -0.25) is 0 Å². The lowest BCUT2D eigenvalue weighted by Gasteiger charge is -1.93. The van der Waals surface area contributed by atoms with Crippen molar-refractivity contribution in [1.82, 2.24) is 20.6 Å². The zero-order valence-electron chi connectivity index (χ0n) is 6.91. The van der Waals surface area contributed by atoms with E-state index in [1.165, 1.54) is 12.1 Å². The summed E-state index contributed by atoms with van der Waals surface area (Å²) in [6.45, 7) is 0. The van der Waals surface area contributed by atoms with Gasteiger partial charge in [-0.05, 0) is 29.5 Å². The van der Waals surface area contributed by atoms with Crippen LogP contribution in [0.3, 0.4) is 0 Å². The number of nitrogens with zero attached hydrogens (tertiary/aromatic N) is 3. The maximum atomic E-state index is 10.6. The van der Waals surface area contributed by atoms with E-state index in [0.717, 1.165) is 5.56 Å². The number of H-pyrrole nitrogens is 1. The summed E-state index contributed by atoms with van der Waals surface area (Å²) in [7, 11) is -2.53. The van der Waals surface area contributed by atoms with Gasteiger partial charge in [0.25, 0.3) is 0 Å². The molecule has 0 aliphatic carbocycles. The van der Waals surface area contributed by atoms with Crippen molar-refractivity contribution >= 4 is 10.7 Å². The van der Waals surface area contributed by atoms with Gasteiger partial charge >= 0.3 is 0 Å². The zero-order valence-corrected chi connectivity index (χ0v) is 7.81. The summed E-state index contributed by atoms with van der Waals surface area (Å²) in [5, 5.41) is 13.2. The Hall–Kier alpha value is -1.76. The van der Waals surface area contributed by atoms with E-state index in [2.05, 4.69) is 20.6 Å². The van der Waals surface area contributed by atoms with Crippen molar-refractivity contribution in [2.75, 3.05) is 0 Å². The summed E-state index contributed by atoms with van der Waals surface area (Å²) in [6.07, 6.45) is 0. The third-order valence-electron chi connectivity index (χ3n) is 1.68. The highest BCUT2D eigenvalue weighted by molar-refractivity contribution is 7.72. The van der Waals surface area contributed by atoms with Gasteiger partial charge in [-0.2, -0.15) is 5.21 Å². The van der Waals surface area contributed by atoms with Crippen LogP contribution in [-0.2, 0) is 10.7 Å².